The van der Waals surface area contributed by atoms with Crippen LogP contribution in [0.5, 0.6) is 0 Å². The molecule has 4 rings (SSSR count). The van der Waals surface area contributed by atoms with Gasteiger partial charge in [-0.15, -0.1) is 0 Å². The van der Waals surface area contributed by atoms with Gasteiger partial charge >= 0.3 is 0 Å². The van der Waals surface area contributed by atoms with Crippen LogP contribution in [0.4, 0.5) is 0 Å². The molecule has 156 valence electrons. The third-order valence-electron chi connectivity index (χ3n) is 10.3. The van der Waals surface area contributed by atoms with E-state index in [4.69, 9.17) is 0 Å². The van der Waals surface area contributed by atoms with Crippen LogP contribution < -0.4 is 0 Å². The van der Waals surface area contributed by atoms with Crippen molar-refractivity contribution in [2.24, 2.45) is 46.3 Å². The Labute approximate surface area is 165 Å². The fraction of sp³-hybridized carbons (Fsp3) is 1.00. The standard InChI is InChI=1S/C24H42O3/c1-5-6-14(2)17-7-8-18-22-19(13-21(27)24(17,18)4)23(3)10-9-16(25)11-15(23)12-20(22)26/h14-22,25-27H,5-13H2,1-4H3/t14-,15+,16-,17-,18?,19?,20?,21+,22?,23+,24-/m1/s1. The number of rotatable bonds is 3. The van der Waals surface area contributed by atoms with Crippen molar-refractivity contribution in [3.8, 4) is 0 Å². The average Bonchev–Trinajstić information content (AvgIpc) is 2.96. The minimum Gasteiger partial charge on any atom is -0.393 e. The molecule has 3 heteroatoms. The molecule has 0 aliphatic heterocycles. The van der Waals surface area contributed by atoms with Gasteiger partial charge in [0.2, 0.25) is 0 Å². The van der Waals surface area contributed by atoms with Crippen molar-refractivity contribution in [2.45, 2.75) is 104 Å². The molecule has 0 bridgehead atoms. The van der Waals surface area contributed by atoms with E-state index in [-0.39, 0.29) is 29.1 Å². The van der Waals surface area contributed by atoms with E-state index >= 15 is 0 Å². The summed E-state index contributed by atoms with van der Waals surface area (Å²) in [5, 5.41) is 32.9. The fourth-order valence-electron chi connectivity index (χ4n) is 8.79. The Balaban J connectivity index is 1.66. The van der Waals surface area contributed by atoms with Crippen molar-refractivity contribution >= 4 is 0 Å². The van der Waals surface area contributed by atoms with Crippen LogP contribution in [0, 0.1) is 46.3 Å². The lowest BCUT2D eigenvalue weighted by molar-refractivity contribution is -0.207. The van der Waals surface area contributed by atoms with Crippen molar-refractivity contribution in [1.29, 1.82) is 0 Å². The van der Waals surface area contributed by atoms with Gasteiger partial charge in [0.05, 0.1) is 18.3 Å². The molecule has 4 saturated carbocycles. The zero-order valence-corrected chi connectivity index (χ0v) is 17.9. The normalized spacial score (nSPS) is 56.1. The van der Waals surface area contributed by atoms with Crippen LogP contribution in [-0.4, -0.2) is 33.6 Å². The summed E-state index contributed by atoms with van der Waals surface area (Å²) in [6.07, 6.45) is 8.64. The SMILES string of the molecule is CCC[C@@H](C)[C@H]1CCC2C3C(O)C[C@@H]4C[C@H](O)CC[C@]4(C)C3C[C@H](O)[C@@]21C. The molecule has 0 radical (unpaired) electrons. The fourth-order valence-corrected chi connectivity index (χ4v) is 8.79. The molecular weight excluding hydrogens is 336 g/mol. The van der Waals surface area contributed by atoms with Gasteiger partial charge in [0.1, 0.15) is 0 Å². The average molecular weight is 379 g/mol. The summed E-state index contributed by atoms with van der Waals surface area (Å²) < 4.78 is 0. The Hall–Kier alpha value is -0.120. The van der Waals surface area contributed by atoms with Gasteiger partial charge in [0, 0.05) is 0 Å². The predicted octanol–water partition coefficient (Wildman–Crippen LogP) is 4.38. The smallest absolute Gasteiger partial charge is 0.0602 e. The van der Waals surface area contributed by atoms with Crippen LogP contribution in [0.1, 0.15) is 85.5 Å². The summed E-state index contributed by atoms with van der Waals surface area (Å²) in [4.78, 5) is 0. The maximum Gasteiger partial charge on any atom is 0.0602 e. The van der Waals surface area contributed by atoms with Crippen LogP contribution in [0.2, 0.25) is 0 Å². The van der Waals surface area contributed by atoms with Crippen molar-refractivity contribution in [3.63, 3.8) is 0 Å². The first-order chi connectivity index (χ1) is 12.7. The van der Waals surface area contributed by atoms with Crippen molar-refractivity contribution < 1.29 is 15.3 Å². The Morgan fingerprint density at radius 1 is 0.963 bits per heavy atom. The van der Waals surface area contributed by atoms with Gasteiger partial charge in [-0.3, -0.25) is 0 Å². The summed E-state index contributed by atoms with van der Waals surface area (Å²) in [5.41, 5.74) is 0.146. The lowest BCUT2D eigenvalue weighted by Crippen LogP contribution is -2.62. The zero-order valence-electron chi connectivity index (χ0n) is 17.9. The maximum absolute atomic E-state index is 11.5. The van der Waals surface area contributed by atoms with E-state index in [0.717, 1.165) is 32.1 Å². The van der Waals surface area contributed by atoms with Gasteiger partial charge in [0.15, 0.2) is 0 Å². The summed E-state index contributed by atoms with van der Waals surface area (Å²) >= 11 is 0. The second-order valence-electron chi connectivity index (χ2n) is 11.3. The minimum absolute atomic E-state index is 0.0336. The van der Waals surface area contributed by atoms with Crippen molar-refractivity contribution in [2.75, 3.05) is 0 Å². The molecule has 4 aliphatic carbocycles. The molecular formula is C24H42O3. The van der Waals surface area contributed by atoms with Crippen LogP contribution >= 0.6 is 0 Å². The van der Waals surface area contributed by atoms with Crippen molar-refractivity contribution in [1.82, 2.24) is 0 Å². The number of hydrogen-bond acceptors (Lipinski definition) is 3. The number of aliphatic hydroxyl groups is 3. The Morgan fingerprint density at radius 3 is 2.41 bits per heavy atom. The van der Waals surface area contributed by atoms with Gasteiger partial charge in [-0.25, -0.2) is 0 Å². The molecule has 4 aliphatic rings. The Kier molecular flexibility index (Phi) is 5.22. The molecule has 0 aromatic carbocycles. The number of aliphatic hydroxyl groups excluding tert-OH is 3. The van der Waals surface area contributed by atoms with E-state index in [1.165, 1.54) is 25.7 Å². The molecule has 0 aromatic heterocycles. The Bertz CT molecular complexity index is 550. The predicted molar refractivity (Wildman–Crippen MR) is 108 cm³/mol. The summed E-state index contributed by atoms with van der Waals surface area (Å²) in [6.45, 7) is 9.42. The molecule has 4 unspecified atom stereocenters. The molecule has 3 nitrogen and oxygen atoms in total. The van der Waals surface area contributed by atoms with E-state index < -0.39 is 0 Å². The van der Waals surface area contributed by atoms with Crippen molar-refractivity contribution in [3.05, 3.63) is 0 Å². The van der Waals surface area contributed by atoms with E-state index in [1.54, 1.807) is 0 Å². The van der Waals surface area contributed by atoms with Gasteiger partial charge < -0.3 is 15.3 Å². The summed E-state index contributed by atoms with van der Waals surface area (Å²) in [7, 11) is 0. The lowest BCUT2D eigenvalue weighted by Gasteiger charge is -2.63. The molecule has 11 atom stereocenters. The first-order valence-electron chi connectivity index (χ1n) is 11.8. The highest BCUT2D eigenvalue weighted by Crippen LogP contribution is 2.68. The molecule has 0 amide bonds. The quantitative estimate of drug-likeness (QED) is 0.683. The highest BCUT2D eigenvalue weighted by molar-refractivity contribution is 5.14. The molecule has 3 N–H and O–H groups in total. The monoisotopic (exact) mass is 378 g/mol. The lowest BCUT2D eigenvalue weighted by atomic mass is 9.43. The van der Waals surface area contributed by atoms with Crippen LogP contribution in [-0.2, 0) is 0 Å². The molecule has 0 heterocycles. The molecule has 0 spiro atoms. The first kappa shape index (κ1) is 20.2. The number of fused-ring (bicyclic) bond motifs is 5. The highest BCUT2D eigenvalue weighted by Gasteiger charge is 2.65. The molecule has 0 aromatic rings. The van der Waals surface area contributed by atoms with Crippen LogP contribution in [0.3, 0.4) is 0 Å². The molecule has 0 saturated heterocycles. The van der Waals surface area contributed by atoms with Gasteiger partial charge in [0.25, 0.3) is 0 Å². The summed E-state index contributed by atoms with van der Waals surface area (Å²) in [6, 6.07) is 0. The highest BCUT2D eigenvalue weighted by atomic mass is 16.3. The van der Waals surface area contributed by atoms with Crippen LogP contribution in [0.15, 0.2) is 0 Å². The second kappa shape index (κ2) is 6.99. The van der Waals surface area contributed by atoms with Crippen LogP contribution in [0.25, 0.3) is 0 Å². The second-order valence-corrected chi connectivity index (χ2v) is 11.3. The van der Waals surface area contributed by atoms with E-state index in [0.29, 0.717) is 35.5 Å². The maximum atomic E-state index is 11.5. The summed E-state index contributed by atoms with van der Waals surface area (Å²) in [5.74, 6) is 2.86. The molecule has 4 fully saturated rings. The topological polar surface area (TPSA) is 60.7 Å². The number of hydrogen-bond donors (Lipinski definition) is 3. The van der Waals surface area contributed by atoms with E-state index in [2.05, 4.69) is 27.7 Å². The van der Waals surface area contributed by atoms with Gasteiger partial charge in [-0.2, -0.15) is 0 Å². The van der Waals surface area contributed by atoms with E-state index in [1.807, 2.05) is 0 Å². The molecule has 27 heavy (non-hydrogen) atoms. The largest absolute Gasteiger partial charge is 0.393 e. The minimum atomic E-state index is -0.254. The van der Waals surface area contributed by atoms with Gasteiger partial charge in [-0.1, -0.05) is 40.5 Å². The third-order valence-corrected chi connectivity index (χ3v) is 10.3. The van der Waals surface area contributed by atoms with Gasteiger partial charge in [-0.05, 0) is 91.3 Å². The van der Waals surface area contributed by atoms with E-state index in [9.17, 15) is 15.3 Å². The third kappa shape index (κ3) is 2.86. The first-order valence-corrected chi connectivity index (χ1v) is 11.8. The zero-order chi connectivity index (χ0) is 19.6. The Morgan fingerprint density at radius 2 is 1.70 bits per heavy atom.